The number of ether oxygens (including phenoxy) is 2. The molecule has 0 aromatic rings. The van der Waals surface area contributed by atoms with Gasteiger partial charge in [-0.15, -0.1) is 0 Å². The monoisotopic (exact) mass is 503 g/mol. The molecule has 4 rings (SSSR count). The molecule has 0 aromatic heterocycles. The summed E-state index contributed by atoms with van der Waals surface area (Å²) in [5.41, 5.74) is 0.333. The molecule has 0 heterocycles. The van der Waals surface area contributed by atoms with Crippen LogP contribution < -0.4 is 5.32 Å². The highest BCUT2D eigenvalue weighted by Crippen LogP contribution is 2.69. The molecular weight excluding hydrogens is 450 g/mol. The second kappa shape index (κ2) is 11.3. The largest absolute Gasteiger partial charge is 0.463 e. The lowest BCUT2D eigenvalue weighted by Crippen LogP contribution is -2.59. The molecule has 0 radical (unpaired) electrons. The number of carbonyl (C=O) groups is 2. The van der Waals surface area contributed by atoms with Crippen LogP contribution in [0.1, 0.15) is 112 Å². The van der Waals surface area contributed by atoms with Crippen molar-refractivity contribution in [2.24, 2.45) is 46.3 Å². The fourth-order valence-corrected chi connectivity index (χ4v) is 9.79. The molecule has 5 heteroatoms. The van der Waals surface area contributed by atoms with Crippen molar-refractivity contribution in [3.05, 3.63) is 0 Å². The Morgan fingerprint density at radius 2 is 1.69 bits per heavy atom. The van der Waals surface area contributed by atoms with Crippen LogP contribution in [0.25, 0.3) is 0 Å². The minimum absolute atomic E-state index is 0.0195. The minimum Gasteiger partial charge on any atom is -0.463 e. The molecular formula is C31H53NO4. The van der Waals surface area contributed by atoms with Crippen molar-refractivity contribution in [2.75, 3.05) is 13.1 Å². The van der Waals surface area contributed by atoms with Crippen molar-refractivity contribution < 1.29 is 19.1 Å². The maximum atomic E-state index is 12.4. The summed E-state index contributed by atoms with van der Waals surface area (Å²) in [6.07, 6.45) is 13.0. The van der Waals surface area contributed by atoms with Crippen LogP contribution in [0.4, 0.5) is 0 Å². The lowest BCUT2D eigenvalue weighted by molar-refractivity contribution is -0.197. The third-order valence-corrected chi connectivity index (χ3v) is 11.6. The molecule has 5 nitrogen and oxygen atoms in total. The summed E-state index contributed by atoms with van der Waals surface area (Å²) in [6, 6.07) is 0. The van der Waals surface area contributed by atoms with Crippen LogP contribution in [0.15, 0.2) is 0 Å². The Morgan fingerprint density at radius 1 is 0.944 bits per heavy atom. The highest BCUT2D eigenvalue weighted by atomic mass is 16.5. The van der Waals surface area contributed by atoms with Gasteiger partial charge >= 0.3 is 11.9 Å². The first-order chi connectivity index (χ1) is 17.1. The fraction of sp³-hybridized carbons (Fsp3) is 0.935. The van der Waals surface area contributed by atoms with Gasteiger partial charge in [0.1, 0.15) is 12.2 Å². The SMILES string of the molecule is CCCCNCC[C@@H](C)[C@H]1CC[C@H]2[C@@H]3CC[C@@H]4C[C@H](OC(C)=O)CC[C@]4(C)[C@H]3C[C@H](OC(C)=O)[C@]12C. The maximum absolute atomic E-state index is 12.4. The number of hydrogen-bond acceptors (Lipinski definition) is 5. The van der Waals surface area contributed by atoms with Gasteiger partial charge in [0.25, 0.3) is 0 Å². The summed E-state index contributed by atoms with van der Waals surface area (Å²) < 4.78 is 11.9. The Kier molecular flexibility index (Phi) is 8.79. The zero-order valence-electron chi connectivity index (χ0n) is 23.9. The van der Waals surface area contributed by atoms with Crippen LogP contribution >= 0.6 is 0 Å². The zero-order valence-corrected chi connectivity index (χ0v) is 23.9. The molecule has 36 heavy (non-hydrogen) atoms. The fourth-order valence-electron chi connectivity index (χ4n) is 9.79. The third kappa shape index (κ3) is 5.24. The van der Waals surface area contributed by atoms with Crippen molar-refractivity contribution in [1.82, 2.24) is 5.32 Å². The van der Waals surface area contributed by atoms with Gasteiger partial charge in [-0.2, -0.15) is 0 Å². The maximum Gasteiger partial charge on any atom is 0.302 e. The van der Waals surface area contributed by atoms with E-state index >= 15 is 0 Å². The zero-order chi connectivity index (χ0) is 26.1. The van der Waals surface area contributed by atoms with Gasteiger partial charge in [0.05, 0.1) is 0 Å². The molecule has 4 saturated carbocycles. The van der Waals surface area contributed by atoms with E-state index in [1.54, 1.807) is 6.92 Å². The average molecular weight is 504 g/mol. The van der Waals surface area contributed by atoms with E-state index in [-0.39, 0.29) is 35.0 Å². The van der Waals surface area contributed by atoms with Crippen molar-refractivity contribution in [1.29, 1.82) is 0 Å². The van der Waals surface area contributed by atoms with Crippen molar-refractivity contribution in [2.45, 2.75) is 124 Å². The minimum atomic E-state index is -0.146. The van der Waals surface area contributed by atoms with Gasteiger partial charge in [-0.3, -0.25) is 9.59 Å². The molecule has 4 aliphatic carbocycles. The number of nitrogens with one attached hydrogen (secondary N) is 1. The van der Waals surface area contributed by atoms with Gasteiger partial charge in [-0.25, -0.2) is 0 Å². The van der Waals surface area contributed by atoms with Gasteiger partial charge in [0.15, 0.2) is 0 Å². The summed E-state index contributed by atoms with van der Waals surface area (Å²) in [4.78, 5) is 24.0. The second-order valence-corrected chi connectivity index (χ2v) is 13.4. The molecule has 0 aliphatic heterocycles. The second-order valence-electron chi connectivity index (χ2n) is 13.4. The molecule has 0 saturated heterocycles. The molecule has 206 valence electrons. The highest BCUT2D eigenvalue weighted by molar-refractivity contribution is 5.66. The van der Waals surface area contributed by atoms with Gasteiger partial charge in [-0.05, 0) is 118 Å². The van der Waals surface area contributed by atoms with Gasteiger partial charge in [0.2, 0.25) is 0 Å². The van der Waals surface area contributed by atoms with Crippen molar-refractivity contribution in [3.8, 4) is 0 Å². The Hall–Kier alpha value is -1.10. The predicted molar refractivity (Wildman–Crippen MR) is 143 cm³/mol. The van der Waals surface area contributed by atoms with E-state index in [2.05, 4.69) is 33.0 Å². The summed E-state index contributed by atoms with van der Waals surface area (Å²) in [5, 5.41) is 3.65. The van der Waals surface area contributed by atoms with E-state index in [4.69, 9.17) is 9.47 Å². The molecule has 0 bridgehead atoms. The Morgan fingerprint density at radius 3 is 2.39 bits per heavy atom. The summed E-state index contributed by atoms with van der Waals surface area (Å²) >= 11 is 0. The van der Waals surface area contributed by atoms with E-state index in [0.29, 0.717) is 29.6 Å². The molecule has 10 atom stereocenters. The predicted octanol–water partition coefficient (Wildman–Crippen LogP) is 6.53. The molecule has 0 spiro atoms. The summed E-state index contributed by atoms with van der Waals surface area (Å²) in [6.45, 7) is 15.0. The first-order valence-electron chi connectivity index (χ1n) is 15.2. The smallest absolute Gasteiger partial charge is 0.302 e. The summed E-state index contributed by atoms with van der Waals surface area (Å²) in [5.74, 6) is 3.56. The number of rotatable bonds is 9. The van der Waals surface area contributed by atoms with Crippen LogP contribution in [0.3, 0.4) is 0 Å². The lowest BCUT2D eigenvalue weighted by atomic mass is 9.43. The highest BCUT2D eigenvalue weighted by Gasteiger charge is 2.65. The molecule has 4 fully saturated rings. The van der Waals surface area contributed by atoms with E-state index in [9.17, 15) is 9.59 Å². The van der Waals surface area contributed by atoms with E-state index in [0.717, 1.165) is 44.7 Å². The van der Waals surface area contributed by atoms with E-state index in [1.807, 2.05) is 0 Å². The number of hydrogen-bond donors (Lipinski definition) is 1. The van der Waals surface area contributed by atoms with Gasteiger partial charge in [0, 0.05) is 19.3 Å². The van der Waals surface area contributed by atoms with Crippen LogP contribution in [-0.2, 0) is 19.1 Å². The molecule has 0 aromatic carbocycles. The van der Waals surface area contributed by atoms with E-state index < -0.39 is 0 Å². The Balaban J connectivity index is 1.52. The molecule has 0 amide bonds. The third-order valence-electron chi connectivity index (χ3n) is 11.6. The van der Waals surface area contributed by atoms with Crippen molar-refractivity contribution >= 4 is 11.9 Å². The standard InChI is InChI=1S/C31H53NO4/c1-7-8-16-32-17-14-20(2)26-11-12-27-25-10-9-23-18-24(35-21(3)33)13-15-30(23,5)28(25)19-29(31(26,27)6)36-22(4)34/h20,23-29,32H,7-19H2,1-6H3/t20-,23-,24-,25+,26-,27+,28+,29+,30+,31-/m1/s1. The first kappa shape index (κ1) is 27.9. The lowest BCUT2D eigenvalue weighted by Gasteiger charge is -2.62. The van der Waals surface area contributed by atoms with Crippen LogP contribution in [0.2, 0.25) is 0 Å². The van der Waals surface area contributed by atoms with Crippen LogP contribution in [0, 0.1) is 46.3 Å². The average Bonchev–Trinajstić information content (AvgIpc) is 3.17. The van der Waals surface area contributed by atoms with Crippen LogP contribution in [0.5, 0.6) is 0 Å². The Labute approximate surface area is 220 Å². The normalized spacial score (nSPS) is 42.6. The van der Waals surface area contributed by atoms with E-state index in [1.165, 1.54) is 51.9 Å². The summed E-state index contributed by atoms with van der Waals surface area (Å²) in [7, 11) is 0. The number of unbranched alkanes of at least 4 members (excludes halogenated alkanes) is 1. The first-order valence-corrected chi connectivity index (χ1v) is 15.2. The quantitative estimate of drug-likeness (QED) is 0.286. The number of esters is 2. The Bertz CT molecular complexity index is 785. The van der Waals surface area contributed by atoms with Crippen molar-refractivity contribution in [3.63, 3.8) is 0 Å². The number of carbonyl (C=O) groups excluding carboxylic acids is 2. The molecule has 1 N–H and O–H groups in total. The number of fused-ring (bicyclic) bond motifs is 5. The van der Waals surface area contributed by atoms with Crippen LogP contribution in [-0.4, -0.2) is 37.2 Å². The molecule has 0 unspecified atom stereocenters. The van der Waals surface area contributed by atoms with Gasteiger partial charge in [-0.1, -0.05) is 34.1 Å². The molecule has 4 aliphatic rings. The van der Waals surface area contributed by atoms with Gasteiger partial charge < -0.3 is 14.8 Å². The topological polar surface area (TPSA) is 64.6 Å².